The molecule has 0 aliphatic carbocycles. The summed E-state index contributed by atoms with van der Waals surface area (Å²) >= 11 is 6.40. The molecule has 0 atom stereocenters. The van der Waals surface area contributed by atoms with Gasteiger partial charge in [-0.05, 0) is 36.2 Å². The van der Waals surface area contributed by atoms with Gasteiger partial charge in [0.25, 0.3) is 5.91 Å². The van der Waals surface area contributed by atoms with Crippen molar-refractivity contribution in [3.8, 4) is 0 Å². The molecule has 0 spiro atoms. The molecule has 4 rings (SSSR count). The Morgan fingerprint density at radius 2 is 1.75 bits per heavy atom. The van der Waals surface area contributed by atoms with E-state index in [-0.39, 0.29) is 5.91 Å². The monoisotopic (exact) mass is 393 g/mol. The van der Waals surface area contributed by atoms with Crippen LogP contribution in [0.5, 0.6) is 0 Å². The van der Waals surface area contributed by atoms with Crippen LogP contribution < -0.4 is 0 Å². The van der Waals surface area contributed by atoms with Gasteiger partial charge in [-0.25, -0.2) is 4.98 Å². The topological polar surface area (TPSA) is 36.4 Å². The Kier molecular flexibility index (Phi) is 5.60. The fraction of sp³-hybridized carbons (Fsp3) is 0.304. The van der Waals surface area contributed by atoms with Gasteiger partial charge in [-0.15, -0.1) is 0 Å². The van der Waals surface area contributed by atoms with Crippen LogP contribution in [0.25, 0.3) is 10.9 Å². The Morgan fingerprint density at radius 3 is 2.46 bits per heavy atom. The third-order valence-corrected chi connectivity index (χ3v) is 5.74. The molecule has 1 aliphatic heterocycles. The molecule has 0 N–H and O–H groups in total. The molecule has 3 aromatic rings. The number of hydrogen-bond donors (Lipinski definition) is 0. The first-order valence-electron chi connectivity index (χ1n) is 9.79. The zero-order chi connectivity index (χ0) is 19.5. The summed E-state index contributed by atoms with van der Waals surface area (Å²) in [6, 6.07) is 18.1. The molecule has 28 heavy (non-hydrogen) atoms. The predicted octanol–water partition coefficient (Wildman–Crippen LogP) is 4.41. The number of carbonyl (C=O) groups is 1. The van der Waals surface area contributed by atoms with Gasteiger partial charge in [0.05, 0.1) is 5.52 Å². The first-order valence-corrected chi connectivity index (χ1v) is 10.2. The van der Waals surface area contributed by atoms with Gasteiger partial charge in [0.15, 0.2) is 0 Å². The smallest absolute Gasteiger partial charge is 0.253 e. The summed E-state index contributed by atoms with van der Waals surface area (Å²) in [6.07, 6.45) is 0.985. The van der Waals surface area contributed by atoms with E-state index in [4.69, 9.17) is 11.6 Å². The SMILES string of the molecule is CCc1ccc(C(=O)N2CCN(Cc3cc4ccccc4nc3Cl)CC2)cc1. The Hall–Kier alpha value is -2.43. The van der Waals surface area contributed by atoms with E-state index in [0.717, 1.165) is 61.2 Å². The molecule has 5 heteroatoms. The van der Waals surface area contributed by atoms with Crippen molar-refractivity contribution >= 4 is 28.4 Å². The number of fused-ring (bicyclic) bond motifs is 1. The summed E-state index contributed by atoms with van der Waals surface area (Å²) in [6.45, 7) is 6.00. The van der Waals surface area contributed by atoms with Gasteiger partial charge < -0.3 is 4.90 Å². The molecule has 1 fully saturated rings. The van der Waals surface area contributed by atoms with Crippen molar-refractivity contribution in [2.45, 2.75) is 19.9 Å². The molecule has 0 bridgehead atoms. The normalized spacial score (nSPS) is 15.1. The maximum Gasteiger partial charge on any atom is 0.253 e. The molecule has 0 unspecified atom stereocenters. The number of aryl methyl sites for hydroxylation is 1. The number of amides is 1. The molecule has 0 saturated carbocycles. The van der Waals surface area contributed by atoms with E-state index in [2.05, 4.69) is 28.9 Å². The van der Waals surface area contributed by atoms with Crippen molar-refractivity contribution in [2.24, 2.45) is 0 Å². The molecule has 1 amide bonds. The summed E-state index contributed by atoms with van der Waals surface area (Å²) in [4.78, 5) is 21.5. The zero-order valence-corrected chi connectivity index (χ0v) is 16.8. The largest absolute Gasteiger partial charge is 0.336 e. The minimum Gasteiger partial charge on any atom is -0.336 e. The Bertz CT molecular complexity index is 979. The molecule has 0 radical (unpaired) electrons. The van der Waals surface area contributed by atoms with Gasteiger partial charge in [-0.3, -0.25) is 9.69 Å². The van der Waals surface area contributed by atoms with Crippen LogP contribution in [0, 0.1) is 0 Å². The lowest BCUT2D eigenvalue weighted by atomic mass is 10.1. The number of halogens is 1. The number of benzene rings is 2. The van der Waals surface area contributed by atoms with E-state index in [1.165, 1.54) is 5.56 Å². The lowest BCUT2D eigenvalue weighted by molar-refractivity contribution is 0.0628. The van der Waals surface area contributed by atoms with E-state index < -0.39 is 0 Å². The summed E-state index contributed by atoms with van der Waals surface area (Å²) < 4.78 is 0. The number of aromatic nitrogens is 1. The maximum absolute atomic E-state index is 12.7. The quantitative estimate of drug-likeness (QED) is 0.616. The first-order chi connectivity index (χ1) is 13.6. The van der Waals surface area contributed by atoms with Crippen LogP contribution in [0.1, 0.15) is 28.4 Å². The first kappa shape index (κ1) is 18.9. The molecule has 1 aromatic heterocycles. The van der Waals surface area contributed by atoms with Crippen molar-refractivity contribution in [3.63, 3.8) is 0 Å². The van der Waals surface area contributed by atoms with E-state index >= 15 is 0 Å². The van der Waals surface area contributed by atoms with Crippen molar-refractivity contribution < 1.29 is 4.79 Å². The minimum absolute atomic E-state index is 0.118. The molecule has 1 saturated heterocycles. The average molecular weight is 394 g/mol. The molecule has 1 aliphatic rings. The predicted molar refractivity (Wildman–Crippen MR) is 114 cm³/mol. The van der Waals surface area contributed by atoms with Crippen molar-refractivity contribution in [1.29, 1.82) is 0 Å². The van der Waals surface area contributed by atoms with Crippen LogP contribution in [0.15, 0.2) is 54.6 Å². The molecule has 144 valence electrons. The van der Waals surface area contributed by atoms with Crippen molar-refractivity contribution in [1.82, 2.24) is 14.8 Å². The van der Waals surface area contributed by atoms with E-state index in [1.54, 1.807) is 0 Å². The second-order valence-electron chi connectivity index (χ2n) is 7.25. The lowest BCUT2D eigenvalue weighted by Crippen LogP contribution is -2.48. The highest BCUT2D eigenvalue weighted by Gasteiger charge is 2.22. The second-order valence-corrected chi connectivity index (χ2v) is 7.61. The Labute approximate surface area is 170 Å². The fourth-order valence-electron chi connectivity index (χ4n) is 3.66. The highest BCUT2D eigenvalue weighted by molar-refractivity contribution is 6.30. The van der Waals surface area contributed by atoms with Crippen LogP contribution in [-0.2, 0) is 13.0 Å². The van der Waals surface area contributed by atoms with Crippen LogP contribution in [0.2, 0.25) is 5.15 Å². The van der Waals surface area contributed by atoms with Crippen LogP contribution >= 0.6 is 11.6 Å². The van der Waals surface area contributed by atoms with Crippen LogP contribution in [0.4, 0.5) is 0 Å². The van der Waals surface area contributed by atoms with Crippen LogP contribution in [-0.4, -0.2) is 46.9 Å². The van der Waals surface area contributed by atoms with Gasteiger partial charge in [0.2, 0.25) is 0 Å². The van der Waals surface area contributed by atoms with Gasteiger partial charge in [-0.1, -0.05) is 48.9 Å². The number of hydrogen-bond acceptors (Lipinski definition) is 3. The zero-order valence-electron chi connectivity index (χ0n) is 16.1. The average Bonchev–Trinajstić information content (AvgIpc) is 2.74. The summed E-state index contributed by atoms with van der Waals surface area (Å²) in [5.74, 6) is 0.118. The Morgan fingerprint density at radius 1 is 1.04 bits per heavy atom. The highest BCUT2D eigenvalue weighted by Crippen LogP contribution is 2.22. The maximum atomic E-state index is 12.7. The molecule has 2 aromatic carbocycles. The third kappa shape index (κ3) is 4.03. The molecule has 2 heterocycles. The fourth-order valence-corrected chi connectivity index (χ4v) is 3.87. The van der Waals surface area contributed by atoms with E-state index in [0.29, 0.717) is 5.15 Å². The number of para-hydroxylation sites is 1. The number of rotatable bonds is 4. The standard InChI is InChI=1S/C23H24ClN3O/c1-2-17-7-9-18(10-8-17)23(28)27-13-11-26(12-14-27)16-20-15-19-5-3-4-6-21(19)25-22(20)24/h3-10,15H,2,11-14,16H2,1H3. The molecule has 4 nitrogen and oxygen atoms in total. The van der Waals surface area contributed by atoms with Gasteiger partial charge >= 0.3 is 0 Å². The van der Waals surface area contributed by atoms with Crippen molar-refractivity contribution in [2.75, 3.05) is 26.2 Å². The van der Waals surface area contributed by atoms with Crippen LogP contribution in [0.3, 0.4) is 0 Å². The second kappa shape index (κ2) is 8.29. The highest BCUT2D eigenvalue weighted by atomic mass is 35.5. The lowest BCUT2D eigenvalue weighted by Gasteiger charge is -2.35. The van der Waals surface area contributed by atoms with Gasteiger partial charge in [0, 0.05) is 49.2 Å². The number of carbonyl (C=O) groups excluding carboxylic acids is 1. The number of pyridine rings is 1. The third-order valence-electron chi connectivity index (χ3n) is 5.41. The summed E-state index contributed by atoms with van der Waals surface area (Å²) in [5, 5.41) is 1.67. The van der Waals surface area contributed by atoms with E-state index in [9.17, 15) is 4.79 Å². The molecular formula is C23H24ClN3O. The van der Waals surface area contributed by atoms with Gasteiger partial charge in [0.1, 0.15) is 5.15 Å². The number of piperazine rings is 1. The van der Waals surface area contributed by atoms with Crippen molar-refractivity contribution in [3.05, 3.63) is 76.4 Å². The number of nitrogens with zero attached hydrogens (tertiary/aromatic N) is 3. The minimum atomic E-state index is 0.118. The summed E-state index contributed by atoms with van der Waals surface area (Å²) in [5.41, 5.74) is 3.98. The van der Waals surface area contributed by atoms with Gasteiger partial charge in [-0.2, -0.15) is 0 Å². The molecular weight excluding hydrogens is 370 g/mol. The summed E-state index contributed by atoms with van der Waals surface area (Å²) in [7, 11) is 0. The van der Waals surface area contributed by atoms with E-state index in [1.807, 2.05) is 47.4 Å². The Balaban J connectivity index is 1.39.